The lowest BCUT2D eigenvalue weighted by molar-refractivity contribution is 0.598. The molecule has 0 unspecified atom stereocenters. The molecule has 3 aromatic rings. The van der Waals surface area contributed by atoms with Gasteiger partial charge in [0.05, 0.1) is 22.5 Å². The maximum atomic E-state index is 12.1. The molecule has 126 valence electrons. The van der Waals surface area contributed by atoms with Gasteiger partial charge in [-0.25, -0.2) is 13.4 Å². The molecular formula is C18H21N3O2S. The number of hydrogen-bond donors (Lipinski definition) is 1. The minimum absolute atomic E-state index is 0.138. The largest absolute Gasteiger partial charge is 0.327 e. The van der Waals surface area contributed by atoms with Crippen LogP contribution in [0.1, 0.15) is 19.8 Å². The van der Waals surface area contributed by atoms with Crippen molar-refractivity contribution in [1.29, 1.82) is 0 Å². The fraction of sp³-hybridized carbons (Fsp3) is 0.278. The van der Waals surface area contributed by atoms with Crippen molar-refractivity contribution in [3.05, 3.63) is 48.5 Å². The highest BCUT2D eigenvalue weighted by molar-refractivity contribution is 7.92. The zero-order valence-electron chi connectivity index (χ0n) is 13.9. The molecule has 0 radical (unpaired) electrons. The summed E-state index contributed by atoms with van der Waals surface area (Å²) in [5, 5.41) is 0. The Hall–Kier alpha value is -2.34. The predicted octanol–water partition coefficient (Wildman–Crippen LogP) is 3.78. The molecule has 0 fully saturated rings. The van der Waals surface area contributed by atoms with Gasteiger partial charge in [-0.15, -0.1) is 0 Å². The molecule has 24 heavy (non-hydrogen) atoms. The topological polar surface area (TPSA) is 64.0 Å². The van der Waals surface area contributed by atoms with Crippen molar-refractivity contribution in [3.8, 4) is 11.4 Å². The van der Waals surface area contributed by atoms with Crippen molar-refractivity contribution in [3.63, 3.8) is 0 Å². The van der Waals surface area contributed by atoms with E-state index in [2.05, 4.69) is 9.71 Å². The summed E-state index contributed by atoms with van der Waals surface area (Å²) >= 11 is 0. The number of hydrogen-bond acceptors (Lipinski definition) is 3. The van der Waals surface area contributed by atoms with Gasteiger partial charge in [-0.05, 0) is 24.6 Å². The molecule has 3 rings (SSSR count). The van der Waals surface area contributed by atoms with E-state index in [0.717, 1.165) is 28.8 Å². The van der Waals surface area contributed by atoms with Crippen molar-refractivity contribution in [2.45, 2.75) is 19.8 Å². The number of rotatable bonds is 6. The summed E-state index contributed by atoms with van der Waals surface area (Å²) in [7, 11) is -1.34. The zero-order valence-corrected chi connectivity index (χ0v) is 14.7. The third kappa shape index (κ3) is 3.43. The Morgan fingerprint density at radius 3 is 2.58 bits per heavy atom. The molecule has 1 heterocycles. The summed E-state index contributed by atoms with van der Waals surface area (Å²) in [6, 6.07) is 15.4. The van der Waals surface area contributed by atoms with E-state index in [0.29, 0.717) is 12.1 Å². The number of unbranched alkanes of at least 4 members (excludes halogenated alkanes) is 1. The zero-order chi connectivity index (χ0) is 17.2. The van der Waals surface area contributed by atoms with E-state index in [4.69, 9.17) is 0 Å². The molecule has 0 aliphatic rings. The Bertz CT molecular complexity index is 947. The van der Waals surface area contributed by atoms with E-state index in [1.165, 1.54) is 0 Å². The van der Waals surface area contributed by atoms with Gasteiger partial charge in [0.15, 0.2) is 0 Å². The number of nitrogens with one attached hydrogen (secondary N) is 1. The number of imidazole rings is 1. The molecular weight excluding hydrogens is 322 g/mol. The smallest absolute Gasteiger partial charge is 0.232 e. The Morgan fingerprint density at radius 1 is 1.12 bits per heavy atom. The first-order valence-electron chi connectivity index (χ1n) is 8.02. The van der Waals surface area contributed by atoms with Gasteiger partial charge in [-0.3, -0.25) is 4.72 Å². The third-order valence-electron chi connectivity index (χ3n) is 3.95. The van der Waals surface area contributed by atoms with Crippen LogP contribution in [0.25, 0.3) is 22.4 Å². The van der Waals surface area contributed by atoms with E-state index in [1.54, 1.807) is 12.1 Å². The van der Waals surface area contributed by atoms with Crippen LogP contribution in [0, 0.1) is 0 Å². The van der Waals surface area contributed by atoms with Crippen LogP contribution in [-0.4, -0.2) is 23.7 Å². The van der Waals surface area contributed by atoms with Crippen LogP contribution in [0.4, 0.5) is 5.69 Å². The van der Waals surface area contributed by atoms with Crippen LogP contribution in [0.2, 0.25) is 0 Å². The highest BCUT2D eigenvalue weighted by Crippen LogP contribution is 2.26. The van der Waals surface area contributed by atoms with Crippen LogP contribution < -0.4 is 4.72 Å². The third-order valence-corrected chi connectivity index (χ3v) is 5.33. The second kappa shape index (κ2) is 6.65. The first-order valence-corrected chi connectivity index (χ1v) is 9.68. The number of aryl methyl sites for hydroxylation is 1. The highest BCUT2D eigenvalue weighted by Gasteiger charge is 2.13. The Labute approximate surface area is 142 Å². The predicted molar refractivity (Wildman–Crippen MR) is 98.5 cm³/mol. The Balaban J connectivity index is 1.95. The van der Waals surface area contributed by atoms with Gasteiger partial charge in [0.1, 0.15) is 5.82 Å². The summed E-state index contributed by atoms with van der Waals surface area (Å²) in [5.74, 6) is 0.996. The molecule has 2 aromatic carbocycles. The monoisotopic (exact) mass is 343 g/mol. The summed E-state index contributed by atoms with van der Waals surface area (Å²) < 4.78 is 28.8. The van der Waals surface area contributed by atoms with Gasteiger partial charge in [0.25, 0.3) is 0 Å². The van der Waals surface area contributed by atoms with Crippen molar-refractivity contribution in [2.24, 2.45) is 7.05 Å². The Kier molecular flexibility index (Phi) is 4.57. The quantitative estimate of drug-likeness (QED) is 0.741. The molecule has 0 aliphatic heterocycles. The van der Waals surface area contributed by atoms with E-state index >= 15 is 0 Å². The van der Waals surface area contributed by atoms with Crippen molar-refractivity contribution >= 4 is 26.7 Å². The van der Waals surface area contributed by atoms with Gasteiger partial charge in [0.2, 0.25) is 10.0 Å². The summed E-state index contributed by atoms with van der Waals surface area (Å²) in [4.78, 5) is 4.66. The van der Waals surface area contributed by atoms with E-state index in [-0.39, 0.29) is 5.75 Å². The molecule has 0 atom stereocenters. The lowest BCUT2D eigenvalue weighted by Gasteiger charge is -2.07. The fourth-order valence-electron chi connectivity index (χ4n) is 2.67. The van der Waals surface area contributed by atoms with Crippen LogP contribution in [0.5, 0.6) is 0 Å². The minimum Gasteiger partial charge on any atom is -0.327 e. The molecule has 0 aliphatic carbocycles. The van der Waals surface area contributed by atoms with Gasteiger partial charge in [-0.1, -0.05) is 43.7 Å². The lowest BCUT2D eigenvalue weighted by Crippen LogP contribution is -2.16. The highest BCUT2D eigenvalue weighted by atomic mass is 32.2. The first kappa shape index (κ1) is 16.5. The van der Waals surface area contributed by atoms with Gasteiger partial charge >= 0.3 is 0 Å². The average Bonchev–Trinajstić information content (AvgIpc) is 2.90. The number of benzene rings is 2. The summed E-state index contributed by atoms with van der Waals surface area (Å²) in [6.07, 6.45) is 1.50. The van der Waals surface area contributed by atoms with Gasteiger partial charge in [0, 0.05) is 12.6 Å². The summed E-state index contributed by atoms with van der Waals surface area (Å²) in [6.45, 7) is 1.97. The molecule has 0 saturated carbocycles. The van der Waals surface area contributed by atoms with Crippen LogP contribution >= 0.6 is 0 Å². The Morgan fingerprint density at radius 2 is 1.88 bits per heavy atom. The van der Waals surface area contributed by atoms with E-state index in [9.17, 15) is 8.42 Å². The number of aromatic nitrogens is 2. The van der Waals surface area contributed by atoms with Crippen molar-refractivity contribution in [2.75, 3.05) is 10.5 Å². The molecule has 5 nitrogen and oxygen atoms in total. The van der Waals surface area contributed by atoms with Crippen molar-refractivity contribution in [1.82, 2.24) is 9.55 Å². The molecule has 1 aromatic heterocycles. The standard InChI is InChI=1S/C18H21N3O2S/c1-3-4-12-24(22,23)20-15-10-11-17-16(13-15)19-18(21(17)2)14-8-6-5-7-9-14/h5-11,13,20H,3-4,12H2,1-2H3. The second-order valence-electron chi connectivity index (χ2n) is 5.84. The number of fused-ring (bicyclic) bond motifs is 1. The normalized spacial score (nSPS) is 11.8. The van der Waals surface area contributed by atoms with Crippen molar-refractivity contribution < 1.29 is 8.42 Å². The van der Waals surface area contributed by atoms with Crippen LogP contribution in [-0.2, 0) is 17.1 Å². The maximum absolute atomic E-state index is 12.1. The fourth-order valence-corrected chi connectivity index (χ4v) is 3.93. The number of sulfonamides is 1. The first-order chi connectivity index (χ1) is 11.5. The van der Waals surface area contributed by atoms with Gasteiger partial charge < -0.3 is 4.57 Å². The van der Waals surface area contributed by atoms with Gasteiger partial charge in [-0.2, -0.15) is 0 Å². The molecule has 0 spiro atoms. The number of nitrogens with zero attached hydrogens (tertiary/aromatic N) is 2. The maximum Gasteiger partial charge on any atom is 0.232 e. The number of anilines is 1. The molecule has 0 bridgehead atoms. The molecule has 0 amide bonds. The SMILES string of the molecule is CCCCS(=O)(=O)Nc1ccc2c(c1)nc(-c1ccccc1)n2C. The molecule has 6 heteroatoms. The van der Waals surface area contributed by atoms with Crippen LogP contribution in [0.15, 0.2) is 48.5 Å². The van der Waals surface area contributed by atoms with Crippen LogP contribution in [0.3, 0.4) is 0 Å². The van der Waals surface area contributed by atoms with E-state index in [1.807, 2.05) is 54.9 Å². The minimum atomic E-state index is -3.31. The molecule has 1 N–H and O–H groups in total. The lowest BCUT2D eigenvalue weighted by atomic mass is 10.2. The second-order valence-corrected chi connectivity index (χ2v) is 7.68. The molecule has 0 saturated heterocycles. The summed E-state index contributed by atoms with van der Waals surface area (Å²) in [5.41, 5.74) is 3.31. The van der Waals surface area contributed by atoms with E-state index < -0.39 is 10.0 Å². The average molecular weight is 343 g/mol.